The van der Waals surface area contributed by atoms with Crippen LogP contribution in [0.1, 0.15) is 19.8 Å². The molecule has 0 bridgehead atoms. The molecule has 1 N–H and O–H groups in total. The zero-order valence-corrected chi connectivity index (χ0v) is 11.6. The predicted molar refractivity (Wildman–Crippen MR) is 70.8 cm³/mol. The molecule has 2 saturated heterocycles. The van der Waals surface area contributed by atoms with Gasteiger partial charge in [0.2, 0.25) is 0 Å². The smallest absolute Gasteiger partial charge is 0.323 e. The third-order valence-electron chi connectivity index (χ3n) is 4.53. The SMILES string of the molecule is CN1CCN(CCN2CCCC2(C)C(=O)O)CC1. The number of hydrogen-bond donors (Lipinski definition) is 1. The first-order valence-corrected chi connectivity index (χ1v) is 6.92. The molecule has 1 atom stereocenters. The van der Waals surface area contributed by atoms with E-state index in [0.29, 0.717) is 0 Å². The lowest BCUT2D eigenvalue weighted by atomic mass is 9.99. The molecule has 0 amide bonds. The highest BCUT2D eigenvalue weighted by Gasteiger charge is 2.42. The summed E-state index contributed by atoms with van der Waals surface area (Å²) in [6, 6.07) is 0. The fourth-order valence-electron chi connectivity index (χ4n) is 2.95. The lowest BCUT2D eigenvalue weighted by Gasteiger charge is -2.36. The first kappa shape index (κ1) is 13.8. The third-order valence-corrected chi connectivity index (χ3v) is 4.53. The third kappa shape index (κ3) is 2.84. The van der Waals surface area contributed by atoms with Crippen LogP contribution in [0.2, 0.25) is 0 Å². The second kappa shape index (κ2) is 5.55. The van der Waals surface area contributed by atoms with Gasteiger partial charge in [0.25, 0.3) is 0 Å². The Morgan fingerprint density at radius 2 is 1.83 bits per heavy atom. The molecular weight excluding hydrogens is 230 g/mol. The zero-order valence-electron chi connectivity index (χ0n) is 11.6. The minimum Gasteiger partial charge on any atom is -0.480 e. The summed E-state index contributed by atoms with van der Waals surface area (Å²) >= 11 is 0. The van der Waals surface area contributed by atoms with E-state index in [1.807, 2.05) is 6.92 Å². The maximum absolute atomic E-state index is 11.4. The van der Waals surface area contributed by atoms with Crippen LogP contribution in [-0.2, 0) is 4.79 Å². The Morgan fingerprint density at radius 1 is 1.17 bits per heavy atom. The molecule has 0 aromatic carbocycles. The van der Waals surface area contributed by atoms with E-state index in [9.17, 15) is 9.90 Å². The van der Waals surface area contributed by atoms with E-state index < -0.39 is 11.5 Å². The first-order chi connectivity index (χ1) is 8.52. The van der Waals surface area contributed by atoms with Crippen LogP contribution in [0.15, 0.2) is 0 Å². The van der Waals surface area contributed by atoms with Crippen LogP contribution in [-0.4, -0.2) is 84.2 Å². The molecule has 2 aliphatic rings. The highest BCUT2D eigenvalue weighted by molar-refractivity contribution is 5.78. The number of carboxylic acid groups (broad SMARTS) is 1. The van der Waals surface area contributed by atoms with E-state index in [-0.39, 0.29) is 0 Å². The van der Waals surface area contributed by atoms with E-state index in [1.165, 1.54) is 0 Å². The van der Waals surface area contributed by atoms with Gasteiger partial charge in [-0.1, -0.05) is 0 Å². The molecule has 1 unspecified atom stereocenters. The van der Waals surface area contributed by atoms with Crippen molar-refractivity contribution in [2.24, 2.45) is 0 Å². The van der Waals surface area contributed by atoms with Gasteiger partial charge in [-0.3, -0.25) is 14.6 Å². The molecule has 2 heterocycles. The van der Waals surface area contributed by atoms with Gasteiger partial charge in [0, 0.05) is 39.3 Å². The van der Waals surface area contributed by atoms with Gasteiger partial charge in [-0.05, 0) is 33.4 Å². The summed E-state index contributed by atoms with van der Waals surface area (Å²) in [7, 11) is 2.15. The maximum atomic E-state index is 11.4. The second-order valence-electron chi connectivity index (χ2n) is 5.81. The molecular formula is C13H25N3O2. The maximum Gasteiger partial charge on any atom is 0.323 e. The van der Waals surface area contributed by atoms with Crippen molar-refractivity contribution in [3.8, 4) is 0 Å². The molecule has 0 aliphatic carbocycles. The minimum absolute atomic E-state index is 0.632. The molecule has 0 saturated carbocycles. The van der Waals surface area contributed by atoms with Gasteiger partial charge in [0.05, 0.1) is 0 Å². The number of carboxylic acids is 1. The number of rotatable bonds is 4. The van der Waals surface area contributed by atoms with Crippen molar-refractivity contribution in [3.63, 3.8) is 0 Å². The molecule has 2 rings (SSSR count). The summed E-state index contributed by atoms with van der Waals surface area (Å²) in [5.74, 6) is -0.668. The first-order valence-electron chi connectivity index (χ1n) is 6.92. The Labute approximate surface area is 109 Å². The molecule has 0 aromatic heterocycles. The van der Waals surface area contributed by atoms with Crippen molar-refractivity contribution in [2.45, 2.75) is 25.3 Å². The van der Waals surface area contributed by atoms with Crippen LogP contribution >= 0.6 is 0 Å². The minimum atomic E-state index is -0.668. The Morgan fingerprint density at radius 3 is 2.44 bits per heavy atom. The molecule has 5 heteroatoms. The number of aliphatic carboxylic acids is 1. The molecule has 18 heavy (non-hydrogen) atoms. The normalized spacial score (nSPS) is 31.9. The fourth-order valence-corrected chi connectivity index (χ4v) is 2.95. The van der Waals surface area contributed by atoms with Crippen LogP contribution in [0.5, 0.6) is 0 Å². The molecule has 0 radical (unpaired) electrons. The second-order valence-corrected chi connectivity index (χ2v) is 5.81. The lowest BCUT2D eigenvalue weighted by Crippen LogP contribution is -2.52. The fraction of sp³-hybridized carbons (Fsp3) is 0.923. The van der Waals surface area contributed by atoms with Crippen LogP contribution in [0.4, 0.5) is 0 Å². The van der Waals surface area contributed by atoms with Gasteiger partial charge >= 0.3 is 5.97 Å². The van der Waals surface area contributed by atoms with Crippen molar-refractivity contribution in [1.82, 2.24) is 14.7 Å². The van der Waals surface area contributed by atoms with Crippen molar-refractivity contribution >= 4 is 5.97 Å². The van der Waals surface area contributed by atoms with E-state index in [0.717, 1.165) is 58.7 Å². The van der Waals surface area contributed by atoms with Gasteiger partial charge in [0.1, 0.15) is 5.54 Å². The highest BCUT2D eigenvalue weighted by Crippen LogP contribution is 2.28. The van der Waals surface area contributed by atoms with Gasteiger partial charge in [-0.2, -0.15) is 0 Å². The van der Waals surface area contributed by atoms with Gasteiger partial charge < -0.3 is 10.0 Å². The zero-order chi connectivity index (χ0) is 13.2. The summed E-state index contributed by atoms with van der Waals surface area (Å²) in [6.45, 7) is 9.13. The monoisotopic (exact) mass is 255 g/mol. The van der Waals surface area contributed by atoms with Crippen LogP contribution < -0.4 is 0 Å². The standard InChI is InChI=1S/C13H25N3O2/c1-13(12(17)18)4-3-5-16(13)11-10-15-8-6-14(2)7-9-15/h3-11H2,1-2H3,(H,17,18). The largest absolute Gasteiger partial charge is 0.480 e. The topological polar surface area (TPSA) is 47.0 Å². The van der Waals surface area contributed by atoms with E-state index >= 15 is 0 Å². The molecule has 0 spiro atoms. The summed E-state index contributed by atoms with van der Waals surface area (Å²) in [5.41, 5.74) is -0.632. The van der Waals surface area contributed by atoms with Crippen LogP contribution in [0, 0.1) is 0 Å². The Hall–Kier alpha value is -0.650. The van der Waals surface area contributed by atoms with E-state index in [1.54, 1.807) is 0 Å². The number of nitrogens with zero attached hydrogens (tertiary/aromatic N) is 3. The average Bonchev–Trinajstić information content (AvgIpc) is 2.72. The van der Waals surface area contributed by atoms with Gasteiger partial charge in [-0.25, -0.2) is 0 Å². The lowest BCUT2D eigenvalue weighted by molar-refractivity contribution is -0.148. The summed E-state index contributed by atoms with van der Waals surface area (Å²) in [6.07, 6.45) is 1.79. The highest BCUT2D eigenvalue weighted by atomic mass is 16.4. The number of piperazine rings is 1. The molecule has 5 nitrogen and oxygen atoms in total. The average molecular weight is 255 g/mol. The number of carbonyl (C=O) groups is 1. The molecule has 2 aliphatic heterocycles. The van der Waals surface area contributed by atoms with Gasteiger partial charge in [0.15, 0.2) is 0 Å². The van der Waals surface area contributed by atoms with Crippen LogP contribution in [0.25, 0.3) is 0 Å². The molecule has 0 aromatic rings. The van der Waals surface area contributed by atoms with E-state index in [4.69, 9.17) is 0 Å². The van der Waals surface area contributed by atoms with Crippen molar-refractivity contribution < 1.29 is 9.90 Å². The summed E-state index contributed by atoms with van der Waals surface area (Å²) in [5, 5.41) is 9.35. The van der Waals surface area contributed by atoms with Crippen molar-refractivity contribution in [1.29, 1.82) is 0 Å². The summed E-state index contributed by atoms with van der Waals surface area (Å²) in [4.78, 5) is 18.3. The number of likely N-dealkylation sites (tertiary alicyclic amines) is 1. The number of likely N-dealkylation sites (N-methyl/N-ethyl adjacent to an activating group) is 1. The number of hydrogen-bond acceptors (Lipinski definition) is 4. The summed E-state index contributed by atoms with van der Waals surface area (Å²) < 4.78 is 0. The van der Waals surface area contributed by atoms with Gasteiger partial charge in [-0.15, -0.1) is 0 Å². The Balaban J connectivity index is 1.81. The molecule has 104 valence electrons. The Bertz CT molecular complexity index is 303. The molecule has 2 fully saturated rings. The Kier molecular flexibility index (Phi) is 4.25. The van der Waals surface area contributed by atoms with Crippen LogP contribution in [0.3, 0.4) is 0 Å². The van der Waals surface area contributed by atoms with E-state index in [2.05, 4.69) is 21.7 Å². The van der Waals surface area contributed by atoms with Crippen molar-refractivity contribution in [2.75, 3.05) is 52.9 Å². The quantitative estimate of drug-likeness (QED) is 0.776. The predicted octanol–water partition coefficient (Wildman–Crippen LogP) is 0.173. The van der Waals surface area contributed by atoms with Crippen molar-refractivity contribution in [3.05, 3.63) is 0 Å².